The lowest BCUT2D eigenvalue weighted by molar-refractivity contribution is -0.0801. The molecule has 4 heteroatoms. The van der Waals surface area contributed by atoms with E-state index in [1.165, 1.54) is 0 Å². The minimum Gasteiger partial charge on any atom is -0.167 e. The molecule has 0 rings (SSSR count). The van der Waals surface area contributed by atoms with E-state index in [1.807, 2.05) is 0 Å². The quantitative estimate of drug-likeness (QED) is 0.504. The van der Waals surface area contributed by atoms with E-state index in [2.05, 4.69) is 6.92 Å². The van der Waals surface area contributed by atoms with Crippen molar-refractivity contribution < 1.29 is 13.2 Å². The normalized spacial score (nSPS) is 13.5. The van der Waals surface area contributed by atoms with Gasteiger partial charge in [-0.1, -0.05) is 26.2 Å². The lowest BCUT2D eigenvalue weighted by Crippen LogP contribution is -2.01. The monoisotopic (exact) mass is 306 g/mol. The van der Waals surface area contributed by atoms with Gasteiger partial charge >= 0.3 is 6.18 Å². The van der Waals surface area contributed by atoms with Crippen molar-refractivity contribution in [2.24, 2.45) is 0 Å². The van der Waals surface area contributed by atoms with Crippen molar-refractivity contribution in [3.8, 4) is 0 Å². The molecule has 13 heavy (non-hydrogen) atoms. The molecule has 0 aliphatic carbocycles. The molecule has 78 valence electrons. The zero-order valence-electron chi connectivity index (χ0n) is 7.62. The largest absolute Gasteiger partial charge is 0.410 e. The fraction of sp³-hybridized carbons (Fsp3) is 0.778. The Morgan fingerprint density at radius 1 is 1.23 bits per heavy atom. The summed E-state index contributed by atoms with van der Waals surface area (Å²) in [5.74, 6) is 0. The third-order valence-electron chi connectivity index (χ3n) is 1.59. The highest BCUT2D eigenvalue weighted by molar-refractivity contribution is 14.1. The van der Waals surface area contributed by atoms with Crippen molar-refractivity contribution in [2.45, 2.75) is 45.2 Å². The van der Waals surface area contributed by atoms with Crippen LogP contribution in [-0.2, 0) is 0 Å². The number of hydrogen-bond donors (Lipinski definition) is 0. The molecule has 0 aliphatic rings. The molecule has 0 nitrogen and oxygen atoms in total. The average molecular weight is 306 g/mol. The Hall–Kier alpha value is 0.260. The van der Waals surface area contributed by atoms with Gasteiger partial charge in [-0.15, -0.1) is 0 Å². The van der Waals surface area contributed by atoms with Gasteiger partial charge in [-0.05, 0) is 39.0 Å². The van der Waals surface area contributed by atoms with E-state index in [-0.39, 0.29) is 0 Å². The van der Waals surface area contributed by atoms with Gasteiger partial charge in [-0.25, -0.2) is 0 Å². The number of unbranched alkanes of at least 4 members (excludes halogenated alkanes) is 3. The molecular formula is C9H14F3I. The summed E-state index contributed by atoms with van der Waals surface area (Å²) in [6.45, 7) is 2.08. The first-order valence-electron chi connectivity index (χ1n) is 4.39. The van der Waals surface area contributed by atoms with Crippen LogP contribution in [0.2, 0.25) is 0 Å². The second-order valence-corrected chi connectivity index (χ2v) is 4.33. The summed E-state index contributed by atoms with van der Waals surface area (Å²) in [6, 6.07) is 0. The van der Waals surface area contributed by atoms with E-state index in [4.69, 9.17) is 0 Å². The van der Waals surface area contributed by atoms with E-state index < -0.39 is 6.18 Å². The van der Waals surface area contributed by atoms with Gasteiger partial charge in [0.05, 0.1) is 0 Å². The standard InChI is InChI=1S/C9H14F3I/c1-2-3-4-5-6-8(13)7-9(10,11)12/h7H,2-6H2,1H3. The van der Waals surface area contributed by atoms with Crippen LogP contribution in [0.3, 0.4) is 0 Å². The van der Waals surface area contributed by atoms with E-state index in [0.717, 1.165) is 25.7 Å². The van der Waals surface area contributed by atoms with Gasteiger partial charge < -0.3 is 0 Å². The Morgan fingerprint density at radius 3 is 2.31 bits per heavy atom. The van der Waals surface area contributed by atoms with Gasteiger partial charge in [-0.2, -0.15) is 13.2 Å². The van der Waals surface area contributed by atoms with Gasteiger partial charge in [0.1, 0.15) is 0 Å². The minimum absolute atomic E-state index is 0.388. The molecule has 0 aromatic carbocycles. The molecule has 0 saturated carbocycles. The Morgan fingerprint density at radius 2 is 1.85 bits per heavy atom. The second kappa shape index (κ2) is 6.68. The summed E-state index contributed by atoms with van der Waals surface area (Å²) in [7, 11) is 0. The van der Waals surface area contributed by atoms with Crippen LogP contribution in [0.1, 0.15) is 39.0 Å². The molecule has 0 saturated heterocycles. The predicted molar refractivity (Wildman–Crippen MR) is 56.9 cm³/mol. The lowest BCUT2D eigenvalue weighted by Gasteiger charge is -2.02. The molecule has 0 aromatic heterocycles. The van der Waals surface area contributed by atoms with Crippen molar-refractivity contribution in [3.05, 3.63) is 9.66 Å². The highest BCUT2D eigenvalue weighted by Crippen LogP contribution is 2.24. The van der Waals surface area contributed by atoms with Crippen LogP contribution >= 0.6 is 22.6 Å². The van der Waals surface area contributed by atoms with Gasteiger partial charge in [-0.3, -0.25) is 0 Å². The molecule has 0 radical (unpaired) electrons. The summed E-state index contributed by atoms with van der Waals surface area (Å²) < 4.78 is 35.8. The maximum atomic E-state index is 11.8. The number of hydrogen-bond acceptors (Lipinski definition) is 0. The van der Waals surface area contributed by atoms with Gasteiger partial charge in [0, 0.05) is 6.08 Å². The summed E-state index contributed by atoms with van der Waals surface area (Å²) in [5.41, 5.74) is 0. The third kappa shape index (κ3) is 10.2. The van der Waals surface area contributed by atoms with Crippen LogP contribution < -0.4 is 0 Å². The highest BCUT2D eigenvalue weighted by Gasteiger charge is 2.23. The first-order chi connectivity index (χ1) is 5.95. The van der Waals surface area contributed by atoms with E-state index in [1.54, 1.807) is 22.6 Å². The summed E-state index contributed by atoms with van der Waals surface area (Å²) in [4.78, 5) is 0. The van der Waals surface area contributed by atoms with Crippen LogP contribution in [0.4, 0.5) is 13.2 Å². The molecular weight excluding hydrogens is 292 g/mol. The molecule has 0 fully saturated rings. The molecule has 0 unspecified atom stereocenters. The van der Waals surface area contributed by atoms with E-state index >= 15 is 0 Å². The molecule has 0 N–H and O–H groups in total. The van der Waals surface area contributed by atoms with Crippen molar-refractivity contribution in [1.29, 1.82) is 0 Å². The van der Waals surface area contributed by atoms with Crippen molar-refractivity contribution in [3.63, 3.8) is 0 Å². The number of allylic oxidation sites excluding steroid dienone is 2. The molecule has 0 aliphatic heterocycles. The molecule has 0 heterocycles. The Bertz CT molecular complexity index is 161. The Labute approximate surface area is 90.7 Å². The van der Waals surface area contributed by atoms with Gasteiger partial charge in [0.2, 0.25) is 0 Å². The number of halogens is 4. The molecule has 0 spiro atoms. The predicted octanol–water partition coefficient (Wildman–Crippen LogP) is 4.84. The first kappa shape index (κ1) is 13.3. The molecule has 0 bridgehead atoms. The van der Waals surface area contributed by atoms with E-state index in [9.17, 15) is 13.2 Å². The first-order valence-corrected chi connectivity index (χ1v) is 5.47. The smallest absolute Gasteiger partial charge is 0.167 e. The van der Waals surface area contributed by atoms with Crippen molar-refractivity contribution in [1.82, 2.24) is 0 Å². The summed E-state index contributed by atoms with van der Waals surface area (Å²) in [5, 5.41) is 0. The Balaban J connectivity index is 3.62. The van der Waals surface area contributed by atoms with Crippen molar-refractivity contribution in [2.75, 3.05) is 0 Å². The SMILES string of the molecule is CCCCCCC(I)=CC(F)(F)F. The fourth-order valence-corrected chi connectivity index (χ4v) is 1.70. The summed E-state index contributed by atoms with van der Waals surface area (Å²) in [6.07, 6.45) is 0.893. The maximum Gasteiger partial charge on any atom is 0.410 e. The third-order valence-corrected chi connectivity index (χ3v) is 2.44. The molecule has 0 aromatic rings. The van der Waals surface area contributed by atoms with Crippen LogP contribution in [-0.4, -0.2) is 6.18 Å². The zero-order valence-corrected chi connectivity index (χ0v) is 9.78. The zero-order chi connectivity index (χ0) is 10.3. The van der Waals surface area contributed by atoms with Crippen LogP contribution in [0, 0.1) is 0 Å². The maximum absolute atomic E-state index is 11.8. The van der Waals surface area contributed by atoms with Crippen LogP contribution in [0.5, 0.6) is 0 Å². The average Bonchev–Trinajstić information content (AvgIpc) is 1.94. The second-order valence-electron chi connectivity index (χ2n) is 2.94. The summed E-state index contributed by atoms with van der Waals surface area (Å²) >= 11 is 1.76. The van der Waals surface area contributed by atoms with Gasteiger partial charge in [0.15, 0.2) is 0 Å². The van der Waals surface area contributed by atoms with E-state index in [0.29, 0.717) is 16.1 Å². The topological polar surface area (TPSA) is 0 Å². The minimum atomic E-state index is -4.15. The molecule has 0 atom stereocenters. The van der Waals surface area contributed by atoms with Crippen LogP contribution in [0.25, 0.3) is 0 Å². The highest BCUT2D eigenvalue weighted by atomic mass is 127. The lowest BCUT2D eigenvalue weighted by atomic mass is 10.1. The van der Waals surface area contributed by atoms with Crippen LogP contribution in [0.15, 0.2) is 9.66 Å². The number of alkyl halides is 3. The fourth-order valence-electron chi connectivity index (χ4n) is 0.970. The van der Waals surface area contributed by atoms with Gasteiger partial charge in [0.25, 0.3) is 0 Å². The number of rotatable bonds is 5. The Kier molecular flexibility index (Phi) is 6.81. The molecule has 0 amide bonds. The van der Waals surface area contributed by atoms with Crippen molar-refractivity contribution >= 4 is 22.6 Å².